The third-order valence-corrected chi connectivity index (χ3v) is 7.52. The Balaban J connectivity index is 0.000000247. The maximum Gasteiger partial charge on any atom is 0.377 e. The fraction of sp³-hybridized carbons (Fsp3) is 0.407. The van der Waals surface area contributed by atoms with Crippen molar-refractivity contribution in [3.8, 4) is 0 Å². The van der Waals surface area contributed by atoms with Crippen molar-refractivity contribution in [2.75, 3.05) is 59.2 Å². The number of nitrogens with zero attached hydrogens (tertiary/aromatic N) is 3. The van der Waals surface area contributed by atoms with Crippen LogP contribution in [0.2, 0.25) is 0 Å². The lowest BCUT2D eigenvalue weighted by molar-refractivity contribution is -0.147. The Kier molecular flexibility index (Phi) is 10.2. The lowest BCUT2D eigenvalue weighted by Crippen LogP contribution is -2.49. The van der Waals surface area contributed by atoms with Crippen LogP contribution < -0.4 is 0 Å². The average Bonchev–Trinajstić information content (AvgIpc) is 3.12. The number of cyclic esters (lactones) is 1. The van der Waals surface area contributed by atoms with E-state index in [0.29, 0.717) is 13.2 Å². The van der Waals surface area contributed by atoms with Crippen molar-refractivity contribution in [1.82, 2.24) is 9.80 Å². The molecule has 5 rings (SSSR count). The third-order valence-electron chi connectivity index (χ3n) is 6.37. The first-order valence-corrected chi connectivity index (χ1v) is 13.5. The highest BCUT2D eigenvalue weighted by atomic mass is 32.2. The van der Waals surface area contributed by atoms with Crippen LogP contribution in [0.5, 0.6) is 0 Å². The monoisotopic (exact) mass is 559 g/mol. The summed E-state index contributed by atoms with van der Waals surface area (Å²) in [6, 6.07) is 16.9. The number of carbonyl (C=O) groups is 1. The molecule has 3 aliphatic rings. The van der Waals surface area contributed by atoms with Crippen molar-refractivity contribution < 1.29 is 39.8 Å². The molecule has 0 spiro atoms. The van der Waals surface area contributed by atoms with Crippen molar-refractivity contribution in [3.05, 3.63) is 65.6 Å². The minimum Gasteiger partial charge on any atom is -0.505 e. The van der Waals surface area contributed by atoms with E-state index in [2.05, 4.69) is 63.1 Å². The zero-order chi connectivity index (χ0) is 27.8. The van der Waals surface area contributed by atoms with E-state index in [1.54, 1.807) is 11.8 Å². The summed E-state index contributed by atoms with van der Waals surface area (Å²) in [5.41, 5.74) is 2.27. The van der Waals surface area contributed by atoms with Gasteiger partial charge in [-0.25, -0.2) is 9.79 Å². The molecule has 0 aliphatic carbocycles. The van der Waals surface area contributed by atoms with Gasteiger partial charge in [-0.1, -0.05) is 42.1 Å². The molecule has 0 saturated carbocycles. The Hall–Kier alpha value is -3.13. The summed E-state index contributed by atoms with van der Waals surface area (Å²) in [5, 5.41) is 43.8. The molecule has 0 bridgehead atoms. The van der Waals surface area contributed by atoms with E-state index in [-0.39, 0.29) is 6.61 Å². The molecule has 0 aromatic heterocycles. The summed E-state index contributed by atoms with van der Waals surface area (Å²) in [5.74, 6) is -1.70. The van der Waals surface area contributed by atoms with Gasteiger partial charge in [0.15, 0.2) is 11.9 Å². The quantitative estimate of drug-likeness (QED) is 0.247. The number of rotatable bonds is 7. The molecule has 1 saturated heterocycles. The normalized spacial score (nSPS) is 19.8. The molecule has 2 aromatic carbocycles. The topological polar surface area (TPSA) is 156 Å². The van der Waals surface area contributed by atoms with Gasteiger partial charge >= 0.3 is 5.97 Å². The van der Waals surface area contributed by atoms with Gasteiger partial charge in [0.2, 0.25) is 5.76 Å². The number of aliphatic hydroxyl groups is 5. The van der Waals surface area contributed by atoms with Gasteiger partial charge in [-0.15, -0.1) is 0 Å². The number of hydrogen-bond donors (Lipinski definition) is 5. The van der Waals surface area contributed by atoms with Crippen molar-refractivity contribution in [2.24, 2.45) is 4.99 Å². The van der Waals surface area contributed by atoms with Gasteiger partial charge in [0.05, 0.1) is 32.1 Å². The summed E-state index contributed by atoms with van der Waals surface area (Å²) in [6.45, 7) is 5.34. The van der Waals surface area contributed by atoms with Crippen LogP contribution in [-0.4, -0.2) is 118 Å². The molecule has 2 aromatic rings. The van der Waals surface area contributed by atoms with Crippen LogP contribution in [0.3, 0.4) is 0 Å². The fourth-order valence-electron chi connectivity index (χ4n) is 4.28. The second kappa shape index (κ2) is 13.8. The number of para-hydroxylation sites is 1. The standard InChI is InChI=1S/C21H25N3O2S.C6H8O6/c25-14-16-26-15-13-23-9-11-24(12-10-23)21-17-5-1-3-7-19(17)27-20-8-4-2-6-18(20)22-21;7-1-2(8)5-3(9)4(10)6(11)12-5/h1-8,25H,9-16H2;2,5,7-10H,1H2/t;2-,5+/m.0/s1. The van der Waals surface area contributed by atoms with Crippen LogP contribution in [-0.2, 0) is 14.3 Å². The number of amidine groups is 1. The van der Waals surface area contributed by atoms with E-state index < -0.39 is 36.3 Å². The zero-order valence-electron chi connectivity index (χ0n) is 21.3. The number of aliphatic hydroxyl groups excluding tert-OH is 5. The van der Waals surface area contributed by atoms with Crippen molar-refractivity contribution in [2.45, 2.75) is 22.0 Å². The molecule has 2 atom stereocenters. The number of ether oxygens (including phenoxy) is 2. The molecule has 5 N–H and O–H groups in total. The summed E-state index contributed by atoms with van der Waals surface area (Å²) >= 11 is 1.80. The van der Waals surface area contributed by atoms with E-state index in [1.807, 2.05) is 0 Å². The maximum atomic E-state index is 10.5. The first kappa shape index (κ1) is 28.9. The highest BCUT2D eigenvalue weighted by Gasteiger charge is 2.38. The van der Waals surface area contributed by atoms with Crippen LogP contribution in [0.15, 0.2) is 74.8 Å². The van der Waals surface area contributed by atoms with Crippen molar-refractivity contribution in [1.29, 1.82) is 0 Å². The molecule has 1 fully saturated rings. The number of esters is 1. The van der Waals surface area contributed by atoms with Gasteiger partial charge in [-0.05, 0) is 18.2 Å². The van der Waals surface area contributed by atoms with Crippen LogP contribution in [0.4, 0.5) is 5.69 Å². The molecular weight excluding hydrogens is 526 g/mol. The SMILES string of the molecule is O=C1O[C@H]([C@@H](O)CO)C(O)=C1O.OCCOCCN1CCN(C2=Nc3ccccc3Sc3ccccc32)CC1. The Morgan fingerprint density at radius 3 is 2.36 bits per heavy atom. The minimum absolute atomic E-state index is 0.0898. The molecule has 11 nitrogen and oxygen atoms in total. The molecule has 0 amide bonds. The van der Waals surface area contributed by atoms with E-state index >= 15 is 0 Å². The lowest BCUT2D eigenvalue weighted by Gasteiger charge is -2.36. The van der Waals surface area contributed by atoms with Gasteiger partial charge < -0.3 is 39.9 Å². The Morgan fingerprint density at radius 2 is 1.69 bits per heavy atom. The number of hydrogen-bond acceptors (Lipinski definition) is 12. The van der Waals surface area contributed by atoms with Gasteiger partial charge in [-0.2, -0.15) is 0 Å². The van der Waals surface area contributed by atoms with Gasteiger partial charge in [-0.3, -0.25) is 4.90 Å². The van der Waals surface area contributed by atoms with E-state index in [4.69, 9.17) is 35.3 Å². The second-order valence-electron chi connectivity index (χ2n) is 8.98. The zero-order valence-corrected chi connectivity index (χ0v) is 22.2. The summed E-state index contributed by atoms with van der Waals surface area (Å²) in [6.07, 6.45) is -2.78. The van der Waals surface area contributed by atoms with Gasteiger partial charge in [0.25, 0.3) is 0 Å². The number of piperazine rings is 1. The molecular formula is C27H33N3O8S. The maximum absolute atomic E-state index is 10.5. The first-order chi connectivity index (χ1) is 18.9. The van der Waals surface area contributed by atoms with E-state index in [0.717, 1.165) is 44.2 Å². The third kappa shape index (κ3) is 7.10. The van der Waals surface area contributed by atoms with Crippen LogP contribution in [0.1, 0.15) is 5.56 Å². The molecule has 12 heteroatoms. The highest BCUT2D eigenvalue weighted by Crippen LogP contribution is 2.40. The Morgan fingerprint density at radius 1 is 1.00 bits per heavy atom. The number of aliphatic imine (C=N–C) groups is 1. The fourth-order valence-corrected chi connectivity index (χ4v) is 5.29. The van der Waals surface area contributed by atoms with Crippen molar-refractivity contribution >= 4 is 29.3 Å². The van der Waals surface area contributed by atoms with Gasteiger partial charge in [0, 0.05) is 48.1 Å². The predicted octanol–water partition coefficient (Wildman–Crippen LogP) is 1.45. The lowest BCUT2D eigenvalue weighted by atomic mass is 10.1. The van der Waals surface area contributed by atoms with Crippen molar-refractivity contribution in [3.63, 3.8) is 0 Å². The molecule has 0 unspecified atom stereocenters. The van der Waals surface area contributed by atoms with Crippen LogP contribution in [0.25, 0.3) is 0 Å². The highest BCUT2D eigenvalue weighted by molar-refractivity contribution is 7.99. The Bertz CT molecular complexity index is 1200. The minimum atomic E-state index is -1.42. The summed E-state index contributed by atoms with van der Waals surface area (Å²) < 4.78 is 9.71. The molecule has 0 radical (unpaired) electrons. The predicted molar refractivity (Wildman–Crippen MR) is 144 cm³/mol. The Labute approximate surface area is 230 Å². The summed E-state index contributed by atoms with van der Waals surface area (Å²) in [7, 11) is 0. The number of carbonyl (C=O) groups excluding carboxylic acids is 1. The second-order valence-corrected chi connectivity index (χ2v) is 10.1. The molecule has 210 valence electrons. The largest absolute Gasteiger partial charge is 0.505 e. The molecule has 3 heterocycles. The molecule has 39 heavy (non-hydrogen) atoms. The molecule has 3 aliphatic heterocycles. The number of fused-ring (bicyclic) bond motifs is 2. The van der Waals surface area contributed by atoms with E-state index in [9.17, 15) is 4.79 Å². The smallest absolute Gasteiger partial charge is 0.377 e. The number of benzene rings is 2. The van der Waals surface area contributed by atoms with E-state index in [1.165, 1.54) is 15.4 Å². The first-order valence-electron chi connectivity index (χ1n) is 12.7. The average molecular weight is 560 g/mol. The van der Waals surface area contributed by atoms with Crippen LogP contribution in [0, 0.1) is 0 Å². The van der Waals surface area contributed by atoms with Crippen LogP contribution >= 0.6 is 11.8 Å². The summed E-state index contributed by atoms with van der Waals surface area (Å²) in [4.78, 5) is 22.9. The van der Waals surface area contributed by atoms with Gasteiger partial charge in [0.1, 0.15) is 11.9 Å².